The summed E-state index contributed by atoms with van der Waals surface area (Å²) in [5.74, 6) is -1.16. The monoisotopic (exact) mass is 395 g/mol. The second-order valence-corrected chi connectivity index (χ2v) is 6.06. The lowest BCUT2D eigenvalue weighted by molar-refractivity contribution is -0.139. The number of hydrogen-bond donors (Lipinski definition) is 2. The van der Waals surface area contributed by atoms with Crippen molar-refractivity contribution >= 4 is 28.0 Å². The summed E-state index contributed by atoms with van der Waals surface area (Å²) in [6, 6.07) is 8.01. The average Bonchev–Trinajstić information content (AvgIpc) is 2.80. The van der Waals surface area contributed by atoms with Crippen LogP contribution in [0.5, 0.6) is 0 Å². The first kappa shape index (κ1) is 18.0. The van der Waals surface area contributed by atoms with Gasteiger partial charge in [-0.05, 0) is 35.3 Å². The number of carboxylic acid groups (broad SMARTS) is 1. The molecule has 1 atom stereocenters. The van der Waals surface area contributed by atoms with E-state index in [0.29, 0.717) is 0 Å². The van der Waals surface area contributed by atoms with Crippen molar-refractivity contribution in [1.82, 2.24) is 15.1 Å². The van der Waals surface area contributed by atoms with E-state index in [1.54, 1.807) is 0 Å². The van der Waals surface area contributed by atoms with Crippen molar-refractivity contribution < 1.29 is 19.4 Å². The second kappa shape index (κ2) is 7.96. The van der Waals surface area contributed by atoms with Gasteiger partial charge in [0.25, 0.3) is 0 Å². The summed E-state index contributed by atoms with van der Waals surface area (Å²) in [5, 5.41) is 15.9. The summed E-state index contributed by atoms with van der Waals surface area (Å²) in [7, 11) is 0. The van der Waals surface area contributed by atoms with Crippen LogP contribution < -0.4 is 5.32 Å². The van der Waals surface area contributed by atoms with Crippen LogP contribution in [0.15, 0.2) is 34.8 Å². The number of aryl methyl sites for hydroxylation is 1. The largest absolute Gasteiger partial charge is 0.480 e. The van der Waals surface area contributed by atoms with Gasteiger partial charge >= 0.3 is 12.1 Å². The molecule has 0 saturated carbocycles. The van der Waals surface area contributed by atoms with Gasteiger partial charge in [0.2, 0.25) is 0 Å². The van der Waals surface area contributed by atoms with E-state index in [-0.39, 0.29) is 13.2 Å². The Morgan fingerprint density at radius 3 is 2.54 bits per heavy atom. The lowest BCUT2D eigenvalue weighted by Gasteiger charge is -2.15. The first-order valence-electron chi connectivity index (χ1n) is 7.28. The Labute approximate surface area is 147 Å². The Balaban J connectivity index is 1.96. The number of ether oxygens (including phenoxy) is 1. The first-order valence-corrected chi connectivity index (χ1v) is 8.07. The Hall–Kier alpha value is -2.35. The van der Waals surface area contributed by atoms with Crippen LogP contribution >= 0.6 is 15.9 Å². The number of alkyl carbamates (subject to hydrolysis) is 1. The minimum atomic E-state index is -1.16. The van der Waals surface area contributed by atoms with Crippen molar-refractivity contribution in [3.05, 3.63) is 51.8 Å². The molecule has 2 rings (SSSR count). The van der Waals surface area contributed by atoms with Gasteiger partial charge in [0.05, 0.1) is 16.7 Å². The van der Waals surface area contributed by atoms with Crippen LogP contribution in [0.25, 0.3) is 0 Å². The van der Waals surface area contributed by atoms with Gasteiger partial charge in [-0.2, -0.15) is 5.10 Å². The number of aliphatic carboxylic acids is 1. The van der Waals surface area contributed by atoms with Crippen molar-refractivity contribution in [2.45, 2.75) is 33.0 Å². The minimum Gasteiger partial charge on any atom is -0.480 e. The maximum absolute atomic E-state index is 11.8. The molecule has 2 N–H and O–H groups in total. The lowest BCUT2D eigenvalue weighted by atomic mass is 10.2. The second-order valence-electron chi connectivity index (χ2n) is 5.26. The van der Waals surface area contributed by atoms with Crippen LogP contribution in [0, 0.1) is 13.8 Å². The van der Waals surface area contributed by atoms with Crippen molar-refractivity contribution in [3.8, 4) is 0 Å². The molecular formula is C16H18BrN3O4. The highest BCUT2D eigenvalue weighted by atomic mass is 79.9. The van der Waals surface area contributed by atoms with Crippen LogP contribution in [0.2, 0.25) is 0 Å². The van der Waals surface area contributed by atoms with Gasteiger partial charge in [-0.3, -0.25) is 4.68 Å². The fraction of sp³-hybridized carbons (Fsp3) is 0.312. The summed E-state index contributed by atoms with van der Waals surface area (Å²) in [6.45, 7) is 3.71. The molecule has 0 aliphatic heterocycles. The molecule has 7 nitrogen and oxygen atoms in total. The molecule has 2 aromatic rings. The number of amides is 1. The van der Waals surface area contributed by atoms with Crippen LogP contribution in [-0.2, 0) is 22.7 Å². The van der Waals surface area contributed by atoms with Gasteiger partial charge < -0.3 is 15.2 Å². The first-order chi connectivity index (χ1) is 11.4. The van der Waals surface area contributed by atoms with E-state index < -0.39 is 18.1 Å². The SMILES string of the molecule is Cc1nn(CC(NC(=O)OCc2ccccc2)C(=O)O)c(C)c1Br. The van der Waals surface area contributed by atoms with Gasteiger partial charge in [0.15, 0.2) is 0 Å². The van der Waals surface area contributed by atoms with Gasteiger partial charge in [-0.1, -0.05) is 30.3 Å². The van der Waals surface area contributed by atoms with Crippen molar-refractivity contribution in [1.29, 1.82) is 0 Å². The number of rotatable bonds is 6. The molecule has 0 radical (unpaired) electrons. The normalized spacial score (nSPS) is 11.8. The van der Waals surface area contributed by atoms with Crippen molar-refractivity contribution in [2.75, 3.05) is 0 Å². The highest BCUT2D eigenvalue weighted by Gasteiger charge is 2.23. The molecule has 8 heteroatoms. The molecule has 0 bridgehead atoms. The third-order valence-corrected chi connectivity index (χ3v) is 4.60. The predicted molar refractivity (Wildman–Crippen MR) is 90.6 cm³/mol. The molecule has 0 saturated heterocycles. The highest BCUT2D eigenvalue weighted by molar-refractivity contribution is 9.10. The van der Waals surface area contributed by atoms with Crippen LogP contribution in [0.1, 0.15) is 17.0 Å². The van der Waals surface area contributed by atoms with E-state index in [9.17, 15) is 14.7 Å². The topological polar surface area (TPSA) is 93.5 Å². The summed E-state index contributed by atoms with van der Waals surface area (Å²) in [4.78, 5) is 23.2. The van der Waals surface area contributed by atoms with E-state index in [1.165, 1.54) is 4.68 Å². The third kappa shape index (κ3) is 4.58. The van der Waals surface area contributed by atoms with Crippen molar-refractivity contribution in [2.24, 2.45) is 0 Å². The Morgan fingerprint density at radius 1 is 1.33 bits per heavy atom. The smallest absolute Gasteiger partial charge is 0.408 e. The van der Waals surface area contributed by atoms with Crippen molar-refractivity contribution in [3.63, 3.8) is 0 Å². The molecule has 1 heterocycles. The summed E-state index contributed by atoms with van der Waals surface area (Å²) in [6.07, 6.45) is -0.785. The zero-order valence-corrected chi connectivity index (χ0v) is 14.9. The summed E-state index contributed by atoms with van der Waals surface area (Å²) >= 11 is 3.39. The zero-order valence-electron chi connectivity index (χ0n) is 13.3. The number of nitrogens with one attached hydrogen (secondary N) is 1. The van der Waals surface area contributed by atoms with E-state index >= 15 is 0 Å². The average molecular weight is 396 g/mol. The number of aromatic nitrogens is 2. The maximum atomic E-state index is 11.8. The number of carboxylic acids is 1. The molecule has 0 aliphatic carbocycles. The van der Waals surface area contributed by atoms with Gasteiger partial charge in [-0.15, -0.1) is 0 Å². The summed E-state index contributed by atoms with van der Waals surface area (Å²) in [5.41, 5.74) is 2.36. The van der Waals surface area contributed by atoms with Gasteiger partial charge in [-0.25, -0.2) is 9.59 Å². The number of benzene rings is 1. The number of carbonyl (C=O) groups is 2. The molecule has 1 amide bonds. The molecule has 1 aromatic carbocycles. The zero-order chi connectivity index (χ0) is 17.7. The van der Waals surface area contributed by atoms with E-state index in [0.717, 1.165) is 21.4 Å². The number of nitrogens with zero attached hydrogens (tertiary/aromatic N) is 2. The van der Waals surface area contributed by atoms with Crippen LogP contribution in [0.4, 0.5) is 4.79 Å². The molecule has 1 aromatic heterocycles. The fourth-order valence-electron chi connectivity index (χ4n) is 2.12. The Bertz CT molecular complexity index is 730. The van der Waals surface area contributed by atoms with Crippen LogP contribution in [0.3, 0.4) is 0 Å². The number of halogens is 1. The third-order valence-electron chi connectivity index (χ3n) is 3.45. The fourth-order valence-corrected chi connectivity index (χ4v) is 2.40. The number of carbonyl (C=O) groups excluding carboxylic acids is 1. The Kier molecular flexibility index (Phi) is 5.97. The van der Waals surface area contributed by atoms with E-state index in [1.807, 2.05) is 44.2 Å². The summed E-state index contributed by atoms with van der Waals surface area (Å²) < 4.78 is 7.41. The van der Waals surface area contributed by atoms with Gasteiger partial charge in [0, 0.05) is 5.69 Å². The number of hydrogen-bond acceptors (Lipinski definition) is 4. The molecule has 24 heavy (non-hydrogen) atoms. The molecule has 0 aliphatic rings. The minimum absolute atomic E-state index is 0.00798. The lowest BCUT2D eigenvalue weighted by Crippen LogP contribution is -2.44. The molecular weight excluding hydrogens is 378 g/mol. The van der Waals surface area contributed by atoms with E-state index in [2.05, 4.69) is 26.3 Å². The standard InChI is InChI=1S/C16H18BrN3O4/c1-10-14(17)11(2)20(19-10)8-13(15(21)22)18-16(23)24-9-12-6-4-3-5-7-12/h3-7,13H,8-9H2,1-2H3,(H,18,23)(H,21,22). The Morgan fingerprint density at radius 2 is 2.00 bits per heavy atom. The molecule has 1 unspecified atom stereocenters. The highest BCUT2D eigenvalue weighted by Crippen LogP contribution is 2.19. The maximum Gasteiger partial charge on any atom is 0.408 e. The predicted octanol–water partition coefficient (Wildman–Crippen LogP) is 2.64. The quantitative estimate of drug-likeness (QED) is 0.783. The molecule has 128 valence electrons. The van der Waals surface area contributed by atoms with Gasteiger partial charge in [0.1, 0.15) is 12.6 Å². The van der Waals surface area contributed by atoms with E-state index in [4.69, 9.17) is 4.74 Å². The molecule has 0 spiro atoms. The van der Waals surface area contributed by atoms with Crippen LogP contribution in [-0.4, -0.2) is 33.0 Å². The molecule has 0 fully saturated rings.